The molecule has 0 aliphatic heterocycles. The van der Waals surface area contributed by atoms with E-state index in [0.29, 0.717) is 16.5 Å². The van der Waals surface area contributed by atoms with Gasteiger partial charge in [0, 0.05) is 5.69 Å². The molecule has 110 valence electrons. The van der Waals surface area contributed by atoms with Gasteiger partial charge in [-0.1, -0.05) is 31.0 Å². The number of anilines is 2. The standard InChI is InChI=1S/C16H17ClN2O2/c1-3-4-12-8-11(16(20)21)9-15(18-12)19-14-7-10(2)5-6-13(14)17/h5-9H,3-4H2,1-2H3,(H,18,19)(H,20,21). The number of carboxylic acids is 1. The van der Waals surface area contributed by atoms with Gasteiger partial charge in [0.05, 0.1) is 16.3 Å². The second-order valence-corrected chi connectivity index (χ2v) is 5.30. The summed E-state index contributed by atoms with van der Waals surface area (Å²) in [7, 11) is 0. The van der Waals surface area contributed by atoms with Gasteiger partial charge < -0.3 is 10.4 Å². The zero-order valence-corrected chi connectivity index (χ0v) is 12.7. The van der Waals surface area contributed by atoms with Crippen LogP contribution >= 0.6 is 11.6 Å². The van der Waals surface area contributed by atoms with Crippen molar-refractivity contribution in [2.45, 2.75) is 26.7 Å². The Labute approximate surface area is 128 Å². The predicted octanol–water partition coefficient (Wildman–Crippen LogP) is 4.44. The van der Waals surface area contributed by atoms with Gasteiger partial charge in [-0.25, -0.2) is 9.78 Å². The Morgan fingerprint density at radius 3 is 2.76 bits per heavy atom. The molecule has 0 aliphatic rings. The molecule has 2 aromatic rings. The van der Waals surface area contributed by atoms with Gasteiger partial charge in [0.1, 0.15) is 5.82 Å². The zero-order chi connectivity index (χ0) is 15.4. The number of hydrogen-bond donors (Lipinski definition) is 2. The maximum atomic E-state index is 11.2. The summed E-state index contributed by atoms with van der Waals surface area (Å²) in [6.07, 6.45) is 1.64. The van der Waals surface area contributed by atoms with E-state index in [0.717, 1.165) is 24.1 Å². The van der Waals surface area contributed by atoms with Gasteiger partial charge in [0.2, 0.25) is 0 Å². The van der Waals surface area contributed by atoms with Gasteiger partial charge in [-0.3, -0.25) is 0 Å². The number of aromatic carboxylic acids is 1. The first-order chi connectivity index (χ1) is 9.99. The molecular formula is C16H17ClN2O2. The number of nitrogens with zero attached hydrogens (tertiary/aromatic N) is 1. The van der Waals surface area contributed by atoms with E-state index < -0.39 is 5.97 Å². The van der Waals surface area contributed by atoms with Crippen molar-refractivity contribution in [2.24, 2.45) is 0 Å². The summed E-state index contributed by atoms with van der Waals surface area (Å²) in [4.78, 5) is 15.6. The van der Waals surface area contributed by atoms with Crippen molar-refractivity contribution in [3.63, 3.8) is 0 Å². The highest BCUT2D eigenvalue weighted by molar-refractivity contribution is 6.33. The molecule has 5 heteroatoms. The fraction of sp³-hybridized carbons (Fsp3) is 0.250. The largest absolute Gasteiger partial charge is 0.478 e. The summed E-state index contributed by atoms with van der Waals surface area (Å²) in [6, 6.07) is 8.73. The number of halogens is 1. The molecule has 1 heterocycles. The van der Waals surface area contributed by atoms with E-state index in [2.05, 4.69) is 10.3 Å². The van der Waals surface area contributed by atoms with E-state index in [1.165, 1.54) is 6.07 Å². The first kappa shape index (κ1) is 15.3. The second-order valence-electron chi connectivity index (χ2n) is 4.90. The van der Waals surface area contributed by atoms with Gasteiger partial charge in [0.15, 0.2) is 0 Å². The minimum atomic E-state index is -0.965. The van der Waals surface area contributed by atoms with E-state index in [1.807, 2.05) is 26.0 Å². The molecule has 1 aromatic heterocycles. The number of benzene rings is 1. The van der Waals surface area contributed by atoms with Crippen molar-refractivity contribution in [3.05, 3.63) is 52.2 Å². The number of aromatic nitrogens is 1. The Morgan fingerprint density at radius 1 is 1.33 bits per heavy atom. The first-order valence-electron chi connectivity index (χ1n) is 6.77. The molecule has 2 N–H and O–H groups in total. The molecule has 2 rings (SSSR count). The fourth-order valence-electron chi connectivity index (χ4n) is 2.03. The maximum Gasteiger partial charge on any atom is 0.335 e. The molecule has 0 fully saturated rings. The van der Waals surface area contributed by atoms with Crippen LogP contribution in [-0.4, -0.2) is 16.1 Å². The molecule has 0 aliphatic carbocycles. The Hall–Kier alpha value is -2.07. The maximum absolute atomic E-state index is 11.2. The Morgan fingerprint density at radius 2 is 2.10 bits per heavy atom. The molecule has 0 saturated carbocycles. The fourth-order valence-corrected chi connectivity index (χ4v) is 2.20. The highest BCUT2D eigenvalue weighted by Gasteiger charge is 2.09. The summed E-state index contributed by atoms with van der Waals surface area (Å²) in [6.45, 7) is 3.99. The van der Waals surface area contributed by atoms with Crippen LogP contribution < -0.4 is 5.32 Å². The molecule has 0 radical (unpaired) electrons. The smallest absolute Gasteiger partial charge is 0.335 e. The van der Waals surface area contributed by atoms with Gasteiger partial charge in [-0.15, -0.1) is 0 Å². The van der Waals surface area contributed by atoms with E-state index >= 15 is 0 Å². The van der Waals surface area contributed by atoms with Crippen LogP contribution in [0.15, 0.2) is 30.3 Å². The average Bonchev–Trinajstić information content (AvgIpc) is 2.43. The van der Waals surface area contributed by atoms with Crippen LogP contribution in [0.1, 0.15) is 35.0 Å². The lowest BCUT2D eigenvalue weighted by Crippen LogP contribution is -2.04. The van der Waals surface area contributed by atoms with Crippen LogP contribution in [-0.2, 0) is 6.42 Å². The molecule has 0 atom stereocenters. The van der Waals surface area contributed by atoms with Crippen molar-refractivity contribution >= 4 is 29.1 Å². The van der Waals surface area contributed by atoms with Crippen molar-refractivity contribution in [2.75, 3.05) is 5.32 Å². The van der Waals surface area contributed by atoms with Crippen LogP contribution in [0.3, 0.4) is 0 Å². The third kappa shape index (κ3) is 3.95. The van der Waals surface area contributed by atoms with Crippen LogP contribution in [0.4, 0.5) is 11.5 Å². The molecule has 0 saturated heterocycles. The monoisotopic (exact) mass is 304 g/mol. The second kappa shape index (κ2) is 6.59. The summed E-state index contributed by atoms with van der Waals surface area (Å²) in [5.41, 5.74) is 2.75. The number of nitrogens with one attached hydrogen (secondary N) is 1. The Kier molecular flexibility index (Phi) is 4.81. The normalized spacial score (nSPS) is 10.4. The van der Waals surface area contributed by atoms with Crippen LogP contribution in [0, 0.1) is 6.92 Å². The number of carbonyl (C=O) groups is 1. The van der Waals surface area contributed by atoms with E-state index in [9.17, 15) is 9.90 Å². The molecule has 1 aromatic carbocycles. The van der Waals surface area contributed by atoms with Crippen LogP contribution in [0.2, 0.25) is 5.02 Å². The Balaban J connectivity index is 2.38. The third-order valence-corrected chi connectivity index (χ3v) is 3.35. The molecule has 0 amide bonds. The quantitative estimate of drug-likeness (QED) is 0.857. The van der Waals surface area contributed by atoms with Gasteiger partial charge in [-0.05, 0) is 43.2 Å². The summed E-state index contributed by atoms with van der Waals surface area (Å²) < 4.78 is 0. The zero-order valence-electron chi connectivity index (χ0n) is 12.0. The highest BCUT2D eigenvalue weighted by Crippen LogP contribution is 2.26. The summed E-state index contributed by atoms with van der Waals surface area (Å²) >= 11 is 6.14. The third-order valence-electron chi connectivity index (χ3n) is 3.02. The molecule has 0 spiro atoms. The lowest BCUT2D eigenvalue weighted by Gasteiger charge is -2.11. The van der Waals surface area contributed by atoms with Crippen molar-refractivity contribution in [1.29, 1.82) is 0 Å². The Bertz CT molecular complexity index is 671. The molecule has 0 unspecified atom stereocenters. The van der Waals surface area contributed by atoms with E-state index in [-0.39, 0.29) is 5.56 Å². The topological polar surface area (TPSA) is 62.2 Å². The van der Waals surface area contributed by atoms with Crippen LogP contribution in [0.5, 0.6) is 0 Å². The van der Waals surface area contributed by atoms with Gasteiger partial charge in [0.25, 0.3) is 0 Å². The lowest BCUT2D eigenvalue weighted by atomic mass is 10.1. The van der Waals surface area contributed by atoms with Crippen molar-refractivity contribution in [1.82, 2.24) is 4.98 Å². The van der Waals surface area contributed by atoms with Crippen molar-refractivity contribution < 1.29 is 9.90 Å². The van der Waals surface area contributed by atoms with Crippen LogP contribution in [0.25, 0.3) is 0 Å². The van der Waals surface area contributed by atoms with Gasteiger partial charge in [-0.2, -0.15) is 0 Å². The highest BCUT2D eigenvalue weighted by atomic mass is 35.5. The van der Waals surface area contributed by atoms with Gasteiger partial charge >= 0.3 is 5.97 Å². The molecular weight excluding hydrogens is 288 g/mol. The number of pyridine rings is 1. The predicted molar refractivity (Wildman–Crippen MR) is 84.7 cm³/mol. The number of hydrogen-bond acceptors (Lipinski definition) is 3. The lowest BCUT2D eigenvalue weighted by molar-refractivity contribution is 0.0696. The summed E-state index contributed by atoms with van der Waals surface area (Å²) in [5, 5.41) is 12.9. The SMILES string of the molecule is CCCc1cc(C(=O)O)cc(Nc2cc(C)ccc2Cl)n1. The van der Waals surface area contributed by atoms with E-state index in [4.69, 9.17) is 11.6 Å². The number of carboxylic acid groups (broad SMARTS) is 1. The number of aryl methyl sites for hydroxylation is 2. The minimum Gasteiger partial charge on any atom is -0.478 e. The molecule has 21 heavy (non-hydrogen) atoms. The molecule has 0 bridgehead atoms. The first-order valence-corrected chi connectivity index (χ1v) is 7.15. The summed E-state index contributed by atoms with van der Waals surface area (Å²) in [5.74, 6) is -0.473. The van der Waals surface area contributed by atoms with Crippen molar-refractivity contribution in [3.8, 4) is 0 Å². The van der Waals surface area contributed by atoms with E-state index in [1.54, 1.807) is 12.1 Å². The minimum absolute atomic E-state index is 0.222. The number of rotatable bonds is 5. The average molecular weight is 305 g/mol. The molecule has 4 nitrogen and oxygen atoms in total.